The van der Waals surface area contributed by atoms with E-state index in [4.69, 9.17) is 46.9 Å². The number of unbranched alkanes of at least 4 members (excludes halogenated alkanes) is 10. The third-order valence-corrected chi connectivity index (χ3v) is 7.50. The van der Waals surface area contributed by atoms with Crippen LogP contribution < -0.4 is 0 Å². The molecule has 0 amide bonds. The second-order valence-electron chi connectivity index (χ2n) is 10.6. The molecule has 0 rings (SSSR count). The Kier molecular flexibility index (Phi) is 38.1. The first-order valence-electron chi connectivity index (χ1n) is 17.4. The van der Waals surface area contributed by atoms with Crippen LogP contribution in [-0.2, 0) is 51.5 Å². The Morgan fingerprint density at radius 3 is 0.844 bits per heavy atom. The third kappa shape index (κ3) is 39.9. The lowest BCUT2D eigenvalue weighted by atomic mass is 10.1. The first kappa shape index (κ1) is 44.8. The standard InChI is InChI=1S/C32H67O12P/c1-3-5-7-9-11-13-15-35-17-19-37-21-23-39-25-27-41-29-31-43-45(33,34)44-32-30-42-28-26-40-24-22-38-20-18-36-16-14-12-10-8-6-4-2/h3-32H2,1-2H3,(H,33,34). The van der Waals surface area contributed by atoms with E-state index in [0.29, 0.717) is 79.3 Å². The van der Waals surface area contributed by atoms with Crippen molar-refractivity contribution in [2.24, 2.45) is 0 Å². The summed E-state index contributed by atoms with van der Waals surface area (Å²) in [6.07, 6.45) is 15.1. The summed E-state index contributed by atoms with van der Waals surface area (Å²) in [6.45, 7) is 11.9. The Bertz CT molecular complexity index is 556. The lowest BCUT2D eigenvalue weighted by molar-refractivity contribution is -0.00927. The van der Waals surface area contributed by atoms with Gasteiger partial charge in [0.25, 0.3) is 0 Å². The van der Waals surface area contributed by atoms with Crippen molar-refractivity contribution in [3.63, 3.8) is 0 Å². The minimum Gasteiger partial charge on any atom is -0.379 e. The van der Waals surface area contributed by atoms with Gasteiger partial charge in [-0.3, -0.25) is 9.05 Å². The number of hydrogen-bond donors (Lipinski definition) is 1. The molecule has 0 saturated carbocycles. The van der Waals surface area contributed by atoms with E-state index in [2.05, 4.69) is 13.8 Å². The monoisotopic (exact) mass is 674 g/mol. The summed E-state index contributed by atoms with van der Waals surface area (Å²) < 4.78 is 65.2. The van der Waals surface area contributed by atoms with Crippen LogP contribution in [0.3, 0.4) is 0 Å². The van der Waals surface area contributed by atoms with Crippen LogP contribution in [0.4, 0.5) is 0 Å². The summed E-state index contributed by atoms with van der Waals surface area (Å²) in [6, 6.07) is 0. The van der Waals surface area contributed by atoms with Gasteiger partial charge in [-0.25, -0.2) is 4.57 Å². The predicted octanol–water partition coefficient (Wildman–Crippen LogP) is 5.97. The largest absolute Gasteiger partial charge is 0.472 e. The molecule has 0 bridgehead atoms. The molecule has 12 nitrogen and oxygen atoms in total. The van der Waals surface area contributed by atoms with Crippen molar-refractivity contribution in [1.29, 1.82) is 0 Å². The maximum atomic E-state index is 11.9. The maximum absolute atomic E-state index is 11.9. The number of phosphoric acid groups is 1. The molecule has 0 aliphatic heterocycles. The summed E-state index contributed by atoms with van der Waals surface area (Å²) in [7, 11) is -4.15. The molecule has 0 fully saturated rings. The van der Waals surface area contributed by atoms with E-state index in [1.807, 2.05) is 0 Å². The quantitative estimate of drug-likeness (QED) is 0.0607. The van der Waals surface area contributed by atoms with Gasteiger partial charge in [-0.15, -0.1) is 0 Å². The SMILES string of the molecule is CCCCCCCCOCCOCCOCCOCCOP(=O)(O)OCCOCCOCCOCCOCCCCCCCC. The van der Waals surface area contributed by atoms with Gasteiger partial charge in [0.2, 0.25) is 0 Å². The summed E-state index contributed by atoms with van der Waals surface area (Å²) in [4.78, 5) is 9.71. The van der Waals surface area contributed by atoms with Crippen LogP contribution in [0.1, 0.15) is 90.9 Å². The van der Waals surface area contributed by atoms with Crippen LogP contribution in [0, 0.1) is 0 Å². The highest BCUT2D eigenvalue weighted by Gasteiger charge is 2.20. The van der Waals surface area contributed by atoms with E-state index in [1.165, 1.54) is 64.2 Å². The molecule has 0 radical (unpaired) electrons. The second kappa shape index (κ2) is 38.2. The van der Waals surface area contributed by atoms with Crippen molar-refractivity contribution in [1.82, 2.24) is 0 Å². The normalized spacial score (nSPS) is 12.0. The van der Waals surface area contributed by atoms with E-state index in [1.54, 1.807) is 0 Å². The van der Waals surface area contributed by atoms with Gasteiger partial charge in [-0.2, -0.15) is 0 Å². The van der Waals surface area contributed by atoms with Crippen LogP contribution in [0.25, 0.3) is 0 Å². The van der Waals surface area contributed by atoms with Crippen LogP contribution in [0.15, 0.2) is 0 Å². The molecule has 0 heterocycles. The van der Waals surface area contributed by atoms with Gasteiger partial charge in [0, 0.05) is 13.2 Å². The van der Waals surface area contributed by atoms with Crippen molar-refractivity contribution >= 4 is 7.82 Å². The Hall–Kier alpha value is -0.210. The molecule has 0 aromatic heterocycles. The average Bonchev–Trinajstić information content (AvgIpc) is 3.03. The molecule has 272 valence electrons. The van der Waals surface area contributed by atoms with Crippen LogP contribution in [0.5, 0.6) is 0 Å². The van der Waals surface area contributed by atoms with Gasteiger partial charge in [-0.05, 0) is 12.8 Å². The van der Waals surface area contributed by atoms with Gasteiger partial charge in [-0.1, -0.05) is 78.1 Å². The first-order chi connectivity index (χ1) is 22.1. The Labute approximate surface area is 274 Å². The zero-order valence-electron chi connectivity index (χ0n) is 28.6. The van der Waals surface area contributed by atoms with Crippen molar-refractivity contribution < 1.29 is 56.4 Å². The topological polar surface area (TPSA) is 130 Å². The minimum atomic E-state index is -4.15. The molecule has 0 aromatic carbocycles. The van der Waals surface area contributed by atoms with E-state index in [0.717, 1.165) is 26.1 Å². The van der Waals surface area contributed by atoms with E-state index >= 15 is 0 Å². The van der Waals surface area contributed by atoms with Gasteiger partial charge in [0.15, 0.2) is 0 Å². The van der Waals surface area contributed by atoms with Crippen LogP contribution in [-0.4, -0.2) is 124 Å². The van der Waals surface area contributed by atoms with Crippen LogP contribution in [0.2, 0.25) is 0 Å². The molecule has 0 aliphatic rings. The summed E-state index contributed by atoms with van der Waals surface area (Å²) in [5, 5.41) is 0. The summed E-state index contributed by atoms with van der Waals surface area (Å²) >= 11 is 0. The first-order valence-corrected chi connectivity index (χ1v) is 18.9. The van der Waals surface area contributed by atoms with Crippen molar-refractivity contribution in [2.75, 3.05) is 119 Å². The molecule has 0 spiro atoms. The number of phosphoric ester groups is 1. The lowest BCUT2D eigenvalue weighted by Gasteiger charge is -2.12. The molecular formula is C32H67O12P. The molecule has 0 saturated heterocycles. The highest BCUT2D eigenvalue weighted by molar-refractivity contribution is 7.47. The zero-order valence-corrected chi connectivity index (χ0v) is 29.5. The van der Waals surface area contributed by atoms with E-state index < -0.39 is 7.82 Å². The number of rotatable bonds is 40. The molecule has 13 heteroatoms. The lowest BCUT2D eigenvalue weighted by Crippen LogP contribution is -2.14. The Balaban J connectivity index is 3.25. The fourth-order valence-corrected chi connectivity index (χ4v) is 4.64. The predicted molar refractivity (Wildman–Crippen MR) is 175 cm³/mol. The highest BCUT2D eigenvalue weighted by Crippen LogP contribution is 2.42. The molecule has 0 aromatic rings. The number of ether oxygens (including phenoxy) is 8. The Morgan fingerprint density at radius 2 is 0.556 bits per heavy atom. The number of hydrogen-bond acceptors (Lipinski definition) is 11. The fraction of sp³-hybridized carbons (Fsp3) is 1.00. The molecule has 0 unspecified atom stereocenters. The molecule has 1 N–H and O–H groups in total. The van der Waals surface area contributed by atoms with Gasteiger partial charge < -0.3 is 42.8 Å². The molecule has 0 atom stereocenters. The minimum absolute atomic E-state index is 0.0718. The smallest absolute Gasteiger partial charge is 0.379 e. The highest BCUT2D eigenvalue weighted by atomic mass is 31.2. The fourth-order valence-electron chi connectivity index (χ4n) is 3.95. The molecule has 0 aliphatic carbocycles. The van der Waals surface area contributed by atoms with Crippen molar-refractivity contribution in [2.45, 2.75) is 90.9 Å². The molecule has 45 heavy (non-hydrogen) atoms. The zero-order chi connectivity index (χ0) is 32.8. The van der Waals surface area contributed by atoms with Crippen LogP contribution >= 0.6 is 7.82 Å². The summed E-state index contributed by atoms with van der Waals surface area (Å²) in [5.41, 5.74) is 0. The maximum Gasteiger partial charge on any atom is 0.472 e. The molecular weight excluding hydrogens is 607 g/mol. The van der Waals surface area contributed by atoms with Crippen molar-refractivity contribution in [3.8, 4) is 0 Å². The van der Waals surface area contributed by atoms with E-state index in [9.17, 15) is 9.46 Å². The summed E-state index contributed by atoms with van der Waals surface area (Å²) in [5.74, 6) is 0. The van der Waals surface area contributed by atoms with Gasteiger partial charge in [0.05, 0.1) is 106 Å². The van der Waals surface area contributed by atoms with Gasteiger partial charge in [0.1, 0.15) is 0 Å². The third-order valence-electron chi connectivity index (χ3n) is 6.48. The van der Waals surface area contributed by atoms with Crippen molar-refractivity contribution in [3.05, 3.63) is 0 Å². The Morgan fingerprint density at radius 1 is 0.333 bits per heavy atom. The van der Waals surface area contributed by atoms with Gasteiger partial charge >= 0.3 is 7.82 Å². The van der Waals surface area contributed by atoms with E-state index in [-0.39, 0.29) is 26.4 Å². The average molecular weight is 675 g/mol. The second-order valence-corrected chi connectivity index (χ2v) is 12.0.